The Kier molecular flexibility index (Phi) is 6.65. The van der Waals surface area contributed by atoms with E-state index in [0.717, 1.165) is 48.9 Å². The molecule has 0 atom stereocenters. The zero-order chi connectivity index (χ0) is 20.1. The maximum Gasteiger partial charge on any atom is 0.257 e. The molecule has 1 N–H and O–H groups in total. The molecule has 1 saturated heterocycles. The van der Waals surface area contributed by atoms with E-state index >= 15 is 0 Å². The fourth-order valence-corrected chi connectivity index (χ4v) is 5.01. The Balaban J connectivity index is 1.37. The van der Waals surface area contributed by atoms with Crippen LogP contribution in [0, 0.1) is 6.92 Å². The summed E-state index contributed by atoms with van der Waals surface area (Å²) in [4.78, 5) is 15.4. The molecule has 1 aliphatic heterocycles. The summed E-state index contributed by atoms with van der Waals surface area (Å²) in [5.41, 5.74) is 1.71. The summed E-state index contributed by atoms with van der Waals surface area (Å²) >= 11 is 0. The molecule has 5 nitrogen and oxygen atoms in total. The van der Waals surface area contributed by atoms with Crippen molar-refractivity contribution in [1.82, 2.24) is 14.7 Å². The number of hydrogen-bond acceptors (Lipinski definition) is 3. The fourth-order valence-electron chi connectivity index (χ4n) is 5.01. The number of nitrogens with zero attached hydrogens (tertiary/aromatic N) is 3. The number of carbonyl (C=O) groups is 1. The summed E-state index contributed by atoms with van der Waals surface area (Å²) in [5, 5.41) is 7.64. The molecule has 5 heteroatoms. The maximum absolute atomic E-state index is 12.7. The molecule has 2 heterocycles. The van der Waals surface area contributed by atoms with Crippen molar-refractivity contribution in [2.45, 2.75) is 76.8 Å². The van der Waals surface area contributed by atoms with Gasteiger partial charge in [-0.3, -0.25) is 4.79 Å². The highest BCUT2D eigenvalue weighted by Crippen LogP contribution is 2.30. The molecule has 29 heavy (non-hydrogen) atoms. The monoisotopic (exact) mass is 394 g/mol. The van der Waals surface area contributed by atoms with E-state index in [1.165, 1.54) is 44.9 Å². The highest BCUT2D eigenvalue weighted by Gasteiger charge is 2.27. The number of nitrogens with one attached hydrogen (secondary N) is 1. The largest absolute Gasteiger partial charge is 0.307 e. The Morgan fingerprint density at radius 1 is 0.931 bits per heavy atom. The van der Waals surface area contributed by atoms with Crippen molar-refractivity contribution in [2.24, 2.45) is 0 Å². The zero-order valence-electron chi connectivity index (χ0n) is 17.6. The molecule has 1 aromatic carbocycles. The first-order chi connectivity index (χ1) is 14.2. The van der Waals surface area contributed by atoms with Crippen molar-refractivity contribution >= 4 is 11.7 Å². The SMILES string of the molecule is Cc1ccccc1C(=O)Nc1ccnn1C1CCN(C2CCCCCCC2)CC1. The zero-order valence-corrected chi connectivity index (χ0v) is 17.6. The molecular formula is C24H34N4O. The molecule has 2 fully saturated rings. The van der Waals surface area contributed by atoms with Crippen molar-refractivity contribution in [1.29, 1.82) is 0 Å². The Bertz CT molecular complexity index is 799. The number of rotatable bonds is 4. The third kappa shape index (κ3) is 4.89. The lowest BCUT2D eigenvalue weighted by Crippen LogP contribution is -2.42. The summed E-state index contributed by atoms with van der Waals surface area (Å²) in [6.45, 7) is 4.25. The average Bonchev–Trinajstić information content (AvgIpc) is 3.16. The molecular weight excluding hydrogens is 360 g/mol. The van der Waals surface area contributed by atoms with Crippen molar-refractivity contribution in [3.8, 4) is 0 Å². The van der Waals surface area contributed by atoms with Gasteiger partial charge in [-0.05, 0) is 44.2 Å². The molecule has 4 rings (SSSR count). The average molecular weight is 395 g/mol. The molecule has 1 aliphatic carbocycles. The summed E-state index contributed by atoms with van der Waals surface area (Å²) in [6.07, 6.45) is 13.7. The molecule has 1 aromatic heterocycles. The van der Waals surface area contributed by atoms with E-state index in [1.54, 1.807) is 6.20 Å². The van der Waals surface area contributed by atoms with Gasteiger partial charge < -0.3 is 10.2 Å². The predicted octanol–water partition coefficient (Wildman–Crippen LogP) is 5.19. The van der Waals surface area contributed by atoms with Gasteiger partial charge in [0.1, 0.15) is 5.82 Å². The molecule has 2 aliphatic rings. The quantitative estimate of drug-likeness (QED) is 0.776. The summed E-state index contributed by atoms with van der Waals surface area (Å²) in [5.74, 6) is 0.750. The molecule has 1 saturated carbocycles. The van der Waals surface area contributed by atoms with Gasteiger partial charge in [-0.2, -0.15) is 5.10 Å². The molecule has 1 amide bonds. The second kappa shape index (κ2) is 9.57. The minimum Gasteiger partial charge on any atom is -0.307 e. The summed E-state index contributed by atoms with van der Waals surface area (Å²) in [6, 6.07) is 10.8. The standard InChI is InChI=1S/C24H34N4O/c1-19-9-7-8-12-22(19)24(29)26-23-13-16-25-28(23)21-14-17-27(18-15-21)20-10-5-3-2-4-6-11-20/h7-9,12-13,16,20-21H,2-6,10-11,14-15,17-18H2,1H3,(H,26,29). The lowest BCUT2D eigenvalue weighted by molar-refractivity contribution is 0.102. The van der Waals surface area contributed by atoms with Crippen LogP contribution in [0.4, 0.5) is 5.82 Å². The fraction of sp³-hybridized carbons (Fsp3) is 0.583. The van der Waals surface area contributed by atoms with Crippen LogP contribution in [0.15, 0.2) is 36.5 Å². The number of aromatic nitrogens is 2. The molecule has 2 aromatic rings. The molecule has 0 spiro atoms. The summed E-state index contributed by atoms with van der Waals surface area (Å²) < 4.78 is 2.03. The van der Waals surface area contributed by atoms with E-state index in [1.807, 2.05) is 41.9 Å². The minimum atomic E-state index is -0.0585. The molecule has 0 radical (unpaired) electrons. The first kappa shape index (κ1) is 20.1. The van der Waals surface area contributed by atoms with Crippen LogP contribution in [-0.2, 0) is 0 Å². The van der Waals surface area contributed by atoms with Gasteiger partial charge in [0.15, 0.2) is 0 Å². The van der Waals surface area contributed by atoms with E-state index < -0.39 is 0 Å². The van der Waals surface area contributed by atoms with E-state index in [2.05, 4.69) is 15.3 Å². The van der Waals surface area contributed by atoms with Crippen molar-refractivity contribution in [2.75, 3.05) is 18.4 Å². The van der Waals surface area contributed by atoms with Crippen molar-refractivity contribution in [3.63, 3.8) is 0 Å². The number of carbonyl (C=O) groups excluding carboxylic acids is 1. The Labute approximate surface area is 174 Å². The lowest BCUT2D eigenvalue weighted by atomic mass is 9.93. The van der Waals surface area contributed by atoms with Gasteiger partial charge in [-0.15, -0.1) is 0 Å². The van der Waals surface area contributed by atoms with Crippen LogP contribution in [0.2, 0.25) is 0 Å². The molecule has 156 valence electrons. The van der Waals surface area contributed by atoms with Gasteiger partial charge in [-0.25, -0.2) is 4.68 Å². The Morgan fingerprint density at radius 3 is 2.34 bits per heavy atom. The number of benzene rings is 1. The number of hydrogen-bond donors (Lipinski definition) is 1. The first-order valence-electron chi connectivity index (χ1n) is 11.4. The number of amides is 1. The minimum absolute atomic E-state index is 0.0585. The Hall–Kier alpha value is -2.14. The topological polar surface area (TPSA) is 50.2 Å². The second-order valence-electron chi connectivity index (χ2n) is 8.70. The van der Waals surface area contributed by atoms with Gasteiger partial charge in [0.2, 0.25) is 0 Å². The van der Waals surface area contributed by atoms with E-state index in [4.69, 9.17) is 0 Å². The number of anilines is 1. The van der Waals surface area contributed by atoms with Crippen LogP contribution in [0.5, 0.6) is 0 Å². The molecule has 0 unspecified atom stereocenters. The van der Waals surface area contributed by atoms with Crippen molar-refractivity contribution in [3.05, 3.63) is 47.7 Å². The van der Waals surface area contributed by atoms with Crippen LogP contribution in [-0.4, -0.2) is 39.7 Å². The maximum atomic E-state index is 12.7. The van der Waals surface area contributed by atoms with Crippen LogP contribution in [0.3, 0.4) is 0 Å². The summed E-state index contributed by atoms with van der Waals surface area (Å²) in [7, 11) is 0. The highest BCUT2D eigenvalue weighted by molar-refractivity contribution is 6.04. The van der Waals surface area contributed by atoms with Crippen LogP contribution in [0.25, 0.3) is 0 Å². The highest BCUT2D eigenvalue weighted by atomic mass is 16.1. The third-order valence-electron chi connectivity index (χ3n) is 6.74. The smallest absolute Gasteiger partial charge is 0.257 e. The first-order valence-corrected chi connectivity index (χ1v) is 11.4. The van der Waals surface area contributed by atoms with E-state index in [9.17, 15) is 4.79 Å². The normalized spacial score (nSPS) is 20.2. The van der Waals surface area contributed by atoms with Crippen molar-refractivity contribution < 1.29 is 4.79 Å². The van der Waals surface area contributed by atoms with Gasteiger partial charge in [0, 0.05) is 30.8 Å². The second-order valence-corrected chi connectivity index (χ2v) is 8.70. The Morgan fingerprint density at radius 2 is 1.62 bits per heavy atom. The number of piperidine rings is 1. The van der Waals surface area contributed by atoms with Crippen LogP contribution in [0.1, 0.15) is 79.8 Å². The predicted molar refractivity (Wildman–Crippen MR) is 117 cm³/mol. The number of likely N-dealkylation sites (tertiary alicyclic amines) is 1. The number of aryl methyl sites for hydroxylation is 1. The van der Waals surface area contributed by atoms with Gasteiger partial charge in [-0.1, -0.05) is 50.3 Å². The van der Waals surface area contributed by atoms with Gasteiger partial charge in [0.05, 0.1) is 12.2 Å². The third-order valence-corrected chi connectivity index (χ3v) is 6.74. The van der Waals surface area contributed by atoms with Crippen LogP contribution < -0.4 is 5.32 Å². The van der Waals surface area contributed by atoms with Gasteiger partial charge in [0.25, 0.3) is 5.91 Å². The van der Waals surface area contributed by atoms with Gasteiger partial charge >= 0.3 is 0 Å². The van der Waals surface area contributed by atoms with E-state index in [-0.39, 0.29) is 5.91 Å². The van der Waals surface area contributed by atoms with E-state index in [0.29, 0.717) is 6.04 Å². The lowest BCUT2D eigenvalue weighted by Gasteiger charge is -2.38. The van der Waals surface area contributed by atoms with Crippen LogP contribution >= 0.6 is 0 Å². The molecule has 0 bridgehead atoms.